The van der Waals surface area contributed by atoms with E-state index in [2.05, 4.69) is 10.6 Å². The Bertz CT molecular complexity index is 804. The maximum absolute atomic E-state index is 12.3. The number of hydrogen-bond donors (Lipinski definition) is 2. The van der Waals surface area contributed by atoms with Crippen LogP contribution in [0.1, 0.15) is 11.1 Å². The Morgan fingerprint density at radius 2 is 1.92 bits per heavy atom. The number of hydrogen-bond acceptors (Lipinski definition) is 4. The number of benzene rings is 2. The van der Waals surface area contributed by atoms with Gasteiger partial charge in [-0.05, 0) is 29.3 Å². The van der Waals surface area contributed by atoms with Gasteiger partial charge in [0.1, 0.15) is 6.04 Å². The number of anilines is 1. The average molecular weight is 340 g/mol. The van der Waals surface area contributed by atoms with Gasteiger partial charge >= 0.3 is 0 Å². The van der Waals surface area contributed by atoms with Gasteiger partial charge in [-0.1, -0.05) is 24.3 Å². The Morgan fingerprint density at radius 1 is 1.16 bits per heavy atom. The van der Waals surface area contributed by atoms with E-state index in [1.807, 2.05) is 24.3 Å². The standard InChI is InChI=1S/C19H20N2O4/c1-24-16-8-7-12(9-17(16)25-2)10-18(22)20-15-11-13-5-3-4-6-14(13)21-19(15)23/h3-9,15H,10-11H2,1-2H3,(H,20,22)(H,21,23)/t15-/m0/s1. The number of nitrogens with one attached hydrogen (secondary N) is 2. The molecule has 0 saturated heterocycles. The van der Waals surface area contributed by atoms with Gasteiger partial charge in [-0.15, -0.1) is 0 Å². The van der Waals surface area contributed by atoms with Crippen LogP contribution in [-0.2, 0) is 22.4 Å². The fraction of sp³-hybridized carbons (Fsp3) is 0.263. The molecule has 2 N–H and O–H groups in total. The molecule has 0 spiro atoms. The van der Waals surface area contributed by atoms with E-state index in [-0.39, 0.29) is 18.2 Å². The summed E-state index contributed by atoms with van der Waals surface area (Å²) in [4.78, 5) is 24.5. The molecule has 3 rings (SSSR count). The highest BCUT2D eigenvalue weighted by Crippen LogP contribution is 2.27. The largest absolute Gasteiger partial charge is 0.493 e. The highest BCUT2D eigenvalue weighted by molar-refractivity contribution is 6.00. The van der Waals surface area contributed by atoms with Gasteiger partial charge in [0.15, 0.2) is 11.5 Å². The number of fused-ring (bicyclic) bond motifs is 1. The number of ether oxygens (including phenoxy) is 2. The van der Waals surface area contributed by atoms with Crippen LogP contribution >= 0.6 is 0 Å². The van der Waals surface area contributed by atoms with Crippen LogP contribution in [0.25, 0.3) is 0 Å². The zero-order valence-corrected chi connectivity index (χ0v) is 14.2. The number of methoxy groups -OCH3 is 2. The third-order valence-corrected chi connectivity index (χ3v) is 4.16. The van der Waals surface area contributed by atoms with Crippen LogP contribution in [0, 0.1) is 0 Å². The average Bonchev–Trinajstić information content (AvgIpc) is 2.62. The summed E-state index contributed by atoms with van der Waals surface area (Å²) in [6, 6.07) is 12.3. The molecule has 0 fully saturated rings. The zero-order chi connectivity index (χ0) is 17.8. The van der Waals surface area contributed by atoms with Gasteiger partial charge in [-0.25, -0.2) is 0 Å². The smallest absolute Gasteiger partial charge is 0.247 e. The highest BCUT2D eigenvalue weighted by Gasteiger charge is 2.27. The summed E-state index contributed by atoms with van der Waals surface area (Å²) in [5.41, 5.74) is 2.60. The number of amides is 2. The van der Waals surface area contributed by atoms with E-state index >= 15 is 0 Å². The van der Waals surface area contributed by atoms with Crippen molar-refractivity contribution in [2.24, 2.45) is 0 Å². The molecule has 2 amide bonds. The van der Waals surface area contributed by atoms with Crippen LogP contribution in [0.15, 0.2) is 42.5 Å². The summed E-state index contributed by atoms with van der Waals surface area (Å²) < 4.78 is 10.4. The predicted molar refractivity (Wildman–Crippen MR) is 94.0 cm³/mol. The first-order chi connectivity index (χ1) is 12.1. The van der Waals surface area contributed by atoms with Crippen molar-refractivity contribution < 1.29 is 19.1 Å². The van der Waals surface area contributed by atoms with E-state index < -0.39 is 6.04 Å². The summed E-state index contributed by atoms with van der Waals surface area (Å²) in [5, 5.41) is 5.62. The number of carbonyl (C=O) groups excluding carboxylic acids is 2. The van der Waals surface area contributed by atoms with Crippen LogP contribution in [0.5, 0.6) is 11.5 Å². The molecule has 1 atom stereocenters. The lowest BCUT2D eigenvalue weighted by atomic mass is 9.98. The van der Waals surface area contributed by atoms with Crippen LogP contribution in [-0.4, -0.2) is 32.1 Å². The summed E-state index contributed by atoms with van der Waals surface area (Å²) >= 11 is 0. The Morgan fingerprint density at radius 3 is 2.68 bits per heavy atom. The van der Waals surface area contributed by atoms with Gasteiger partial charge in [-0.3, -0.25) is 9.59 Å². The van der Waals surface area contributed by atoms with Crippen molar-refractivity contribution in [1.82, 2.24) is 5.32 Å². The highest BCUT2D eigenvalue weighted by atomic mass is 16.5. The lowest BCUT2D eigenvalue weighted by Crippen LogP contribution is -2.48. The van der Waals surface area contributed by atoms with E-state index in [1.165, 1.54) is 0 Å². The number of rotatable bonds is 5. The third kappa shape index (κ3) is 3.74. The lowest BCUT2D eigenvalue weighted by molar-refractivity contribution is -0.126. The monoisotopic (exact) mass is 340 g/mol. The molecule has 2 aromatic rings. The molecule has 0 unspecified atom stereocenters. The van der Waals surface area contributed by atoms with Crippen molar-refractivity contribution in [1.29, 1.82) is 0 Å². The quantitative estimate of drug-likeness (QED) is 0.872. The first-order valence-electron chi connectivity index (χ1n) is 7.99. The minimum Gasteiger partial charge on any atom is -0.493 e. The predicted octanol–water partition coefficient (Wildman–Crippen LogP) is 1.93. The molecule has 2 aromatic carbocycles. The third-order valence-electron chi connectivity index (χ3n) is 4.16. The Hall–Kier alpha value is -3.02. The molecule has 0 bridgehead atoms. The second-order valence-corrected chi connectivity index (χ2v) is 5.84. The summed E-state index contributed by atoms with van der Waals surface area (Å²) in [6.07, 6.45) is 0.644. The van der Waals surface area contributed by atoms with Gasteiger partial charge in [0.05, 0.1) is 20.6 Å². The van der Waals surface area contributed by atoms with Crippen molar-refractivity contribution in [3.8, 4) is 11.5 Å². The first kappa shape index (κ1) is 16.8. The Kier molecular flexibility index (Phi) is 4.88. The molecule has 0 radical (unpaired) electrons. The van der Waals surface area contributed by atoms with Crippen LogP contribution < -0.4 is 20.1 Å². The minimum atomic E-state index is -0.567. The SMILES string of the molecule is COc1ccc(CC(=O)N[C@H]2Cc3ccccc3NC2=O)cc1OC. The van der Waals surface area contributed by atoms with Gasteiger partial charge in [-0.2, -0.15) is 0 Å². The Labute approximate surface area is 146 Å². The second kappa shape index (κ2) is 7.25. The number of carbonyl (C=O) groups is 2. The van der Waals surface area contributed by atoms with Crippen molar-refractivity contribution in [2.45, 2.75) is 18.9 Å². The molecule has 25 heavy (non-hydrogen) atoms. The molecule has 0 aromatic heterocycles. The van der Waals surface area contributed by atoms with Crippen LogP contribution in [0.4, 0.5) is 5.69 Å². The molecule has 1 aliphatic rings. The van der Waals surface area contributed by atoms with E-state index in [9.17, 15) is 9.59 Å². The maximum atomic E-state index is 12.3. The van der Waals surface area contributed by atoms with Crippen LogP contribution in [0.2, 0.25) is 0 Å². The summed E-state index contributed by atoms with van der Waals surface area (Å²) in [5.74, 6) is 0.762. The number of para-hydroxylation sites is 1. The van der Waals surface area contributed by atoms with Crippen molar-refractivity contribution >= 4 is 17.5 Å². The summed E-state index contributed by atoms with van der Waals surface area (Å²) in [7, 11) is 3.11. The molecule has 1 aliphatic heterocycles. The first-order valence-corrected chi connectivity index (χ1v) is 7.99. The Balaban J connectivity index is 1.66. The van der Waals surface area contributed by atoms with Gasteiger partial charge in [0.25, 0.3) is 0 Å². The fourth-order valence-corrected chi connectivity index (χ4v) is 2.89. The topological polar surface area (TPSA) is 76.7 Å². The fourth-order valence-electron chi connectivity index (χ4n) is 2.89. The molecular weight excluding hydrogens is 320 g/mol. The van der Waals surface area contributed by atoms with Gasteiger partial charge < -0.3 is 20.1 Å². The van der Waals surface area contributed by atoms with Gasteiger partial charge in [0, 0.05) is 12.1 Å². The van der Waals surface area contributed by atoms with Crippen molar-refractivity contribution in [3.05, 3.63) is 53.6 Å². The normalized spacial score (nSPS) is 15.8. The molecular formula is C19H20N2O4. The van der Waals surface area contributed by atoms with E-state index in [0.29, 0.717) is 17.9 Å². The van der Waals surface area contributed by atoms with Crippen LogP contribution in [0.3, 0.4) is 0 Å². The minimum absolute atomic E-state index is 0.159. The molecule has 6 heteroatoms. The lowest BCUT2D eigenvalue weighted by Gasteiger charge is -2.25. The molecule has 0 saturated carbocycles. The summed E-state index contributed by atoms with van der Waals surface area (Å²) in [6.45, 7) is 0. The maximum Gasteiger partial charge on any atom is 0.247 e. The second-order valence-electron chi connectivity index (χ2n) is 5.84. The van der Waals surface area contributed by atoms with Gasteiger partial charge in [0.2, 0.25) is 11.8 Å². The van der Waals surface area contributed by atoms with Crippen molar-refractivity contribution in [2.75, 3.05) is 19.5 Å². The molecule has 6 nitrogen and oxygen atoms in total. The van der Waals surface area contributed by atoms with E-state index in [1.54, 1.807) is 32.4 Å². The van der Waals surface area contributed by atoms with E-state index in [4.69, 9.17) is 9.47 Å². The molecule has 130 valence electrons. The van der Waals surface area contributed by atoms with E-state index in [0.717, 1.165) is 16.8 Å². The molecule has 1 heterocycles. The zero-order valence-electron chi connectivity index (χ0n) is 14.2. The molecule has 0 aliphatic carbocycles. The van der Waals surface area contributed by atoms with Crippen molar-refractivity contribution in [3.63, 3.8) is 0 Å².